The molecule has 0 aliphatic heterocycles. The fourth-order valence-corrected chi connectivity index (χ4v) is 3.66. The Labute approximate surface area is 120 Å². The van der Waals surface area contributed by atoms with Crippen LogP contribution in [0.5, 0.6) is 0 Å². The van der Waals surface area contributed by atoms with Crippen LogP contribution in [0.15, 0.2) is 10.7 Å². The highest BCUT2D eigenvalue weighted by molar-refractivity contribution is 9.10. The van der Waals surface area contributed by atoms with Crippen LogP contribution in [0.25, 0.3) is 0 Å². The third kappa shape index (κ3) is 2.50. The average molecular weight is 329 g/mol. The molecule has 2 rings (SSSR count). The molecule has 18 heavy (non-hydrogen) atoms. The SMILES string of the molecule is CCNC(c1sc(C)nc1C)c1c(Br)cnn1C. The minimum atomic E-state index is 0.142. The van der Waals surface area contributed by atoms with Crippen molar-refractivity contribution in [1.29, 1.82) is 0 Å². The van der Waals surface area contributed by atoms with Crippen molar-refractivity contribution in [2.75, 3.05) is 6.54 Å². The molecule has 1 atom stereocenters. The highest BCUT2D eigenvalue weighted by Gasteiger charge is 2.23. The number of nitrogens with one attached hydrogen (secondary N) is 1. The van der Waals surface area contributed by atoms with E-state index < -0.39 is 0 Å². The average Bonchev–Trinajstić information content (AvgIpc) is 2.80. The number of aromatic nitrogens is 3. The molecule has 0 radical (unpaired) electrons. The van der Waals surface area contributed by atoms with Crippen molar-refractivity contribution >= 4 is 27.3 Å². The summed E-state index contributed by atoms with van der Waals surface area (Å²) in [6, 6.07) is 0.142. The third-order valence-electron chi connectivity index (χ3n) is 2.82. The van der Waals surface area contributed by atoms with Crippen molar-refractivity contribution in [3.63, 3.8) is 0 Å². The lowest BCUT2D eigenvalue weighted by Crippen LogP contribution is -2.24. The molecule has 2 aromatic heterocycles. The van der Waals surface area contributed by atoms with E-state index in [1.165, 1.54) is 4.88 Å². The van der Waals surface area contributed by atoms with E-state index in [2.05, 4.69) is 45.2 Å². The fourth-order valence-electron chi connectivity index (χ4n) is 2.08. The first-order chi connectivity index (χ1) is 8.54. The van der Waals surface area contributed by atoms with Gasteiger partial charge >= 0.3 is 0 Å². The summed E-state index contributed by atoms with van der Waals surface area (Å²) >= 11 is 5.32. The van der Waals surface area contributed by atoms with Crippen molar-refractivity contribution < 1.29 is 0 Å². The van der Waals surface area contributed by atoms with Crippen LogP contribution in [0.2, 0.25) is 0 Å². The quantitative estimate of drug-likeness (QED) is 0.938. The number of thiazole rings is 1. The Kier molecular flexibility index (Phi) is 4.19. The fraction of sp³-hybridized carbons (Fsp3) is 0.500. The molecule has 0 spiro atoms. The molecule has 0 saturated heterocycles. The van der Waals surface area contributed by atoms with Crippen molar-refractivity contribution in [3.8, 4) is 0 Å². The summed E-state index contributed by atoms with van der Waals surface area (Å²) in [5.41, 5.74) is 2.24. The molecule has 98 valence electrons. The Morgan fingerprint density at radius 2 is 2.22 bits per heavy atom. The van der Waals surface area contributed by atoms with E-state index >= 15 is 0 Å². The summed E-state index contributed by atoms with van der Waals surface area (Å²) in [5.74, 6) is 0. The van der Waals surface area contributed by atoms with E-state index in [0.29, 0.717) is 0 Å². The number of hydrogen-bond donors (Lipinski definition) is 1. The molecule has 0 aliphatic carbocycles. The smallest absolute Gasteiger partial charge is 0.0900 e. The molecule has 0 fully saturated rings. The molecule has 1 unspecified atom stereocenters. The Hall–Kier alpha value is -0.720. The Balaban J connectivity index is 2.49. The summed E-state index contributed by atoms with van der Waals surface area (Å²) in [4.78, 5) is 5.78. The lowest BCUT2D eigenvalue weighted by Gasteiger charge is -2.18. The van der Waals surface area contributed by atoms with Crippen LogP contribution < -0.4 is 5.32 Å². The molecule has 0 aliphatic rings. The van der Waals surface area contributed by atoms with E-state index in [4.69, 9.17) is 0 Å². The summed E-state index contributed by atoms with van der Waals surface area (Å²) in [6.45, 7) is 7.12. The Morgan fingerprint density at radius 1 is 1.50 bits per heavy atom. The maximum Gasteiger partial charge on any atom is 0.0900 e. The van der Waals surface area contributed by atoms with Crippen LogP contribution in [-0.4, -0.2) is 21.3 Å². The monoisotopic (exact) mass is 328 g/mol. The Bertz CT molecular complexity index is 527. The topological polar surface area (TPSA) is 42.7 Å². The van der Waals surface area contributed by atoms with Gasteiger partial charge in [-0.25, -0.2) is 4.98 Å². The Morgan fingerprint density at radius 3 is 2.67 bits per heavy atom. The zero-order chi connectivity index (χ0) is 13.3. The van der Waals surface area contributed by atoms with Gasteiger partial charge in [-0.15, -0.1) is 11.3 Å². The van der Waals surface area contributed by atoms with E-state index in [1.807, 2.05) is 24.9 Å². The van der Waals surface area contributed by atoms with E-state index in [-0.39, 0.29) is 6.04 Å². The standard InChI is InChI=1S/C12H17BrN4S/c1-5-14-10(11-9(13)6-15-17(11)4)12-7(2)16-8(3)18-12/h6,10,14H,5H2,1-4H3. The van der Waals surface area contributed by atoms with Gasteiger partial charge in [-0.2, -0.15) is 5.10 Å². The molecule has 4 nitrogen and oxygen atoms in total. The number of nitrogens with zero attached hydrogens (tertiary/aromatic N) is 3. The van der Waals surface area contributed by atoms with E-state index in [1.54, 1.807) is 11.3 Å². The van der Waals surface area contributed by atoms with Gasteiger partial charge < -0.3 is 5.32 Å². The first-order valence-electron chi connectivity index (χ1n) is 5.89. The molecule has 2 aromatic rings. The summed E-state index contributed by atoms with van der Waals surface area (Å²) in [5, 5.41) is 8.91. The molecule has 0 saturated carbocycles. The second-order valence-corrected chi connectivity index (χ2v) is 6.26. The minimum absolute atomic E-state index is 0.142. The van der Waals surface area contributed by atoms with Gasteiger partial charge in [0.05, 0.1) is 38.0 Å². The maximum absolute atomic E-state index is 4.52. The molecular weight excluding hydrogens is 312 g/mol. The number of aryl methyl sites for hydroxylation is 3. The van der Waals surface area contributed by atoms with Crippen LogP contribution in [0, 0.1) is 13.8 Å². The van der Waals surface area contributed by atoms with Gasteiger partial charge in [-0.05, 0) is 36.3 Å². The molecule has 1 N–H and O–H groups in total. The number of rotatable bonds is 4. The second kappa shape index (κ2) is 5.50. The predicted octanol–water partition coefficient (Wildman–Crippen LogP) is 2.95. The highest BCUT2D eigenvalue weighted by atomic mass is 79.9. The van der Waals surface area contributed by atoms with Crippen molar-refractivity contribution in [3.05, 3.63) is 31.9 Å². The molecule has 0 bridgehead atoms. The van der Waals surface area contributed by atoms with Crippen LogP contribution in [0.1, 0.15) is 34.2 Å². The van der Waals surface area contributed by atoms with E-state index in [0.717, 1.165) is 27.4 Å². The normalized spacial score (nSPS) is 12.9. The summed E-state index contributed by atoms with van der Waals surface area (Å²) in [6.07, 6.45) is 1.84. The van der Waals surface area contributed by atoms with Crippen LogP contribution >= 0.6 is 27.3 Å². The molecule has 2 heterocycles. The number of hydrogen-bond acceptors (Lipinski definition) is 4. The van der Waals surface area contributed by atoms with Crippen molar-refractivity contribution in [2.24, 2.45) is 7.05 Å². The van der Waals surface area contributed by atoms with E-state index in [9.17, 15) is 0 Å². The van der Waals surface area contributed by atoms with Crippen molar-refractivity contribution in [1.82, 2.24) is 20.1 Å². The maximum atomic E-state index is 4.52. The second-order valence-electron chi connectivity index (χ2n) is 4.17. The summed E-state index contributed by atoms with van der Waals surface area (Å²) in [7, 11) is 1.97. The molecule has 6 heteroatoms. The summed E-state index contributed by atoms with van der Waals surface area (Å²) < 4.78 is 2.94. The van der Waals surface area contributed by atoms with Crippen LogP contribution in [-0.2, 0) is 7.05 Å². The van der Waals surface area contributed by atoms with Gasteiger partial charge in [0.25, 0.3) is 0 Å². The van der Waals surface area contributed by atoms with Gasteiger partial charge in [0.15, 0.2) is 0 Å². The lowest BCUT2D eigenvalue weighted by molar-refractivity contribution is 0.574. The largest absolute Gasteiger partial charge is 0.304 e. The minimum Gasteiger partial charge on any atom is -0.304 e. The first-order valence-corrected chi connectivity index (χ1v) is 7.50. The predicted molar refractivity (Wildman–Crippen MR) is 78.0 cm³/mol. The van der Waals surface area contributed by atoms with Gasteiger partial charge in [0.2, 0.25) is 0 Å². The van der Waals surface area contributed by atoms with Crippen LogP contribution in [0.4, 0.5) is 0 Å². The zero-order valence-electron chi connectivity index (χ0n) is 11.0. The molecule has 0 aromatic carbocycles. The first kappa shape index (κ1) is 13.7. The zero-order valence-corrected chi connectivity index (χ0v) is 13.4. The van der Waals surface area contributed by atoms with Crippen molar-refractivity contribution in [2.45, 2.75) is 26.8 Å². The van der Waals surface area contributed by atoms with Crippen LogP contribution in [0.3, 0.4) is 0 Å². The van der Waals surface area contributed by atoms with Gasteiger partial charge in [-0.1, -0.05) is 6.92 Å². The third-order valence-corrected chi connectivity index (χ3v) is 4.57. The lowest BCUT2D eigenvalue weighted by atomic mass is 10.1. The van der Waals surface area contributed by atoms with Gasteiger partial charge in [0, 0.05) is 7.05 Å². The molecule has 0 amide bonds. The highest BCUT2D eigenvalue weighted by Crippen LogP contribution is 2.33. The molecular formula is C12H17BrN4S. The van der Waals surface area contributed by atoms with Gasteiger partial charge in [-0.3, -0.25) is 4.68 Å². The number of halogens is 1. The van der Waals surface area contributed by atoms with Gasteiger partial charge in [0.1, 0.15) is 0 Å².